The number of hydrogen-bond acceptors (Lipinski definition) is 4. The maximum Gasteiger partial charge on any atom is 0.238 e. The molecule has 112 valence electrons. The second kappa shape index (κ2) is 5.44. The van der Waals surface area contributed by atoms with E-state index in [0.29, 0.717) is 5.56 Å². The molecular weight excluding hydrogens is 304 g/mol. The molecule has 0 saturated heterocycles. The molecular formula is C15H18N2O2S2. The summed E-state index contributed by atoms with van der Waals surface area (Å²) in [5.41, 5.74) is 2.86. The Kier molecular flexibility index (Phi) is 3.77. The van der Waals surface area contributed by atoms with Crippen molar-refractivity contribution in [1.29, 1.82) is 0 Å². The van der Waals surface area contributed by atoms with E-state index in [4.69, 9.17) is 5.14 Å². The number of fused-ring (bicyclic) bond motifs is 1. The van der Waals surface area contributed by atoms with Crippen LogP contribution in [0.25, 0.3) is 0 Å². The van der Waals surface area contributed by atoms with Gasteiger partial charge < -0.3 is 5.32 Å². The minimum Gasteiger partial charge on any atom is -0.378 e. The largest absolute Gasteiger partial charge is 0.378 e. The van der Waals surface area contributed by atoms with Gasteiger partial charge in [0.2, 0.25) is 10.0 Å². The maximum atomic E-state index is 11.6. The number of primary sulfonamides is 1. The lowest BCUT2D eigenvalue weighted by Crippen LogP contribution is -2.18. The molecule has 0 saturated carbocycles. The number of sulfonamides is 1. The number of nitrogens with two attached hydrogens (primary N) is 1. The molecule has 6 heteroatoms. The van der Waals surface area contributed by atoms with Crippen LogP contribution in [0, 0.1) is 6.92 Å². The van der Waals surface area contributed by atoms with Crippen LogP contribution in [0.2, 0.25) is 0 Å². The highest BCUT2D eigenvalue weighted by molar-refractivity contribution is 7.89. The van der Waals surface area contributed by atoms with Gasteiger partial charge in [-0.3, -0.25) is 0 Å². The van der Waals surface area contributed by atoms with Crippen LogP contribution in [-0.4, -0.2) is 8.42 Å². The summed E-state index contributed by atoms with van der Waals surface area (Å²) in [6.45, 7) is 1.79. The molecule has 1 aliphatic rings. The van der Waals surface area contributed by atoms with Crippen LogP contribution in [0.3, 0.4) is 0 Å². The third-order valence-corrected chi connectivity index (χ3v) is 6.02. The van der Waals surface area contributed by atoms with Crippen LogP contribution in [-0.2, 0) is 16.4 Å². The highest BCUT2D eigenvalue weighted by atomic mass is 32.2. The fraction of sp³-hybridized carbons (Fsp3) is 0.333. The summed E-state index contributed by atoms with van der Waals surface area (Å²) in [6, 6.07) is 7.59. The molecule has 21 heavy (non-hydrogen) atoms. The zero-order valence-corrected chi connectivity index (χ0v) is 13.4. The molecule has 0 spiro atoms. The molecule has 0 bridgehead atoms. The van der Waals surface area contributed by atoms with Crippen molar-refractivity contribution in [3.8, 4) is 0 Å². The van der Waals surface area contributed by atoms with Gasteiger partial charge in [-0.1, -0.05) is 6.07 Å². The Morgan fingerprint density at radius 3 is 2.90 bits per heavy atom. The second-order valence-electron chi connectivity index (χ2n) is 5.36. The van der Waals surface area contributed by atoms with Gasteiger partial charge in [-0.2, -0.15) is 0 Å². The SMILES string of the molecule is Cc1c(NC2CCCc3sccc32)cccc1S(N)(=O)=O. The summed E-state index contributed by atoms with van der Waals surface area (Å²) in [6.07, 6.45) is 3.35. The zero-order valence-electron chi connectivity index (χ0n) is 11.8. The van der Waals surface area contributed by atoms with Gasteiger partial charge in [0, 0.05) is 10.6 Å². The topological polar surface area (TPSA) is 72.2 Å². The van der Waals surface area contributed by atoms with E-state index in [0.717, 1.165) is 24.9 Å². The van der Waals surface area contributed by atoms with Crippen molar-refractivity contribution in [1.82, 2.24) is 0 Å². The quantitative estimate of drug-likeness (QED) is 0.911. The molecule has 0 amide bonds. The van der Waals surface area contributed by atoms with Crippen LogP contribution < -0.4 is 10.5 Å². The molecule has 1 aromatic carbocycles. The number of thiophene rings is 1. The Labute approximate surface area is 129 Å². The Bertz CT molecular complexity index is 766. The number of rotatable bonds is 3. The molecule has 1 heterocycles. The lowest BCUT2D eigenvalue weighted by molar-refractivity contribution is 0.596. The van der Waals surface area contributed by atoms with E-state index in [1.807, 2.05) is 6.07 Å². The monoisotopic (exact) mass is 322 g/mol. The van der Waals surface area contributed by atoms with Gasteiger partial charge in [0.05, 0.1) is 10.9 Å². The van der Waals surface area contributed by atoms with Crippen molar-refractivity contribution >= 4 is 27.0 Å². The lowest BCUT2D eigenvalue weighted by atomic mass is 9.93. The second-order valence-corrected chi connectivity index (χ2v) is 7.89. The van der Waals surface area contributed by atoms with E-state index in [-0.39, 0.29) is 10.9 Å². The molecule has 3 N–H and O–H groups in total. The molecule has 0 aliphatic heterocycles. The fourth-order valence-electron chi connectivity index (χ4n) is 2.90. The summed E-state index contributed by atoms with van der Waals surface area (Å²) in [5, 5.41) is 10.9. The van der Waals surface area contributed by atoms with Gasteiger partial charge in [-0.05, 0) is 60.9 Å². The highest BCUT2D eigenvalue weighted by Gasteiger charge is 2.22. The third-order valence-electron chi connectivity index (χ3n) is 3.97. The maximum absolute atomic E-state index is 11.6. The summed E-state index contributed by atoms with van der Waals surface area (Å²) in [5.74, 6) is 0. The Morgan fingerprint density at radius 1 is 1.33 bits per heavy atom. The van der Waals surface area contributed by atoms with E-state index in [1.165, 1.54) is 10.4 Å². The van der Waals surface area contributed by atoms with E-state index in [2.05, 4.69) is 16.8 Å². The Morgan fingerprint density at radius 2 is 2.14 bits per heavy atom. The summed E-state index contributed by atoms with van der Waals surface area (Å²) in [7, 11) is -3.68. The van der Waals surface area contributed by atoms with E-state index in [1.54, 1.807) is 30.4 Å². The predicted molar refractivity (Wildman–Crippen MR) is 86.2 cm³/mol. The molecule has 0 radical (unpaired) electrons. The Balaban J connectivity index is 1.94. The highest BCUT2D eigenvalue weighted by Crippen LogP contribution is 2.36. The number of nitrogens with one attached hydrogen (secondary N) is 1. The van der Waals surface area contributed by atoms with Crippen molar-refractivity contribution in [3.05, 3.63) is 45.6 Å². The molecule has 2 aromatic rings. The summed E-state index contributed by atoms with van der Waals surface area (Å²) >= 11 is 1.80. The number of benzene rings is 1. The van der Waals surface area contributed by atoms with E-state index >= 15 is 0 Å². The molecule has 1 atom stereocenters. The standard InChI is InChI=1S/C15H18N2O2S2/c1-10-12(4-3-7-15(10)21(16,18)19)17-13-5-2-6-14-11(13)8-9-20-14/h3-4,7-9,13,17H,2,5-6H2,1H3,(H2,16,18,19). The molecule has 4 nitrogen and oxygen atoms in total. The van der Waals surface area contributed by atoms with Gasteiger partial charge >= 0.3 is 0 Å². The molecule has 0 fully saturated rings. The van der Waals surface area contributed by atoms with Crippen LogP contribution in [0.15, 0.2) is 34.5 Å². The molecule has 1 aliphatic carbocycles. The summed E-state index contributed by atoms with van der Waals surface area (Å²) in [4.78, 5) is 1.62. The first-order valence-corrected chi connectivity index (χ1v) is 9.34. The third kappa shape index (κ3) is 2.84. The predicted octanol–water partition coefficient (Wildman–Crippen LogP) is 3.19. The van der Waals surface area contributed by atoms with Crippen LogP contribution in [0.4, 0.5) is 5.69 Å². The minimum absolute atomic E-state index is 0.189. The van der Waals surface area contributed by atoms with E-state index < -0.39 is 10.0 Å². The molecule has 1 aromatic heterocycles. The minimum atomic E-state index is -3.68. The normalized spacial score (nSPS) is 18.3. The van der Waals surface area contributed by atoms with Crippen molar-refractivity contribution in [2.75, 3.05) is 5.32 Å². The first-order valence-electron chi connectivity index (χ1n) is 6.92. The van der Waals surface area contributed by atoms with Crippen molar-refractivity contribution in [2.24, 2.45) is 5.14 Å². The fourth-order valence-corrected chi connectivity index (χ4v) is 4.70. The number of hydrogen-bond donors (Lipinski definition) is 2. The zero-order chi connectivity index (χ0) is 15.0. The first-order chi connectivity index (χ1) is 9.97. The van der Waals surface area contributed by atoms with Crippen molar-refractivity contribution in [3.63, 3.8) is 0 Å². The van der Waals surface area contributed by atoms with Crippen molar-refractivity contribution < 1.29 is 8.42 Å². The number of aryl methyl sites for hydroxylation is 1. The van der Waals surface area contributed by atoms with Crippen molar-refractivity contribution in [2.45, 2.75) is 37.1 Å². The van der Waals surface area contributed by atoms with Crippen LogP contribution in [0.1, 0.15) is 34.9 Å². The smallest absolute Gasteiger partial charge is 0.238 e. The van der Waals surface area contributed by atoms with Gasteiger partial charge in [0.1, 0.15) is 0 Å². The Hall–Kier alpha value is -1.37. The molecule has 3 rings (SSSR count). The summed E-state index contributed by atoms with van der Waals surface area (Å²) < 4.78 is 23.2. The first kappa shape index (κ1) is 14.6. The average molecular weight is 322 g/mol. The van der Waals surface area contributed by atoms with Crippen LogP contribution in [0.5, 0.6) is 0 Å². The van der Waals surface area contributed by atoms with Gasteiger partial charge in [0.25, 0.3) is 0 Å². The lowest BCUT2D eigenvalue weighted by Gasteiger charge is -2.26. The van der Waals surface area contributed by atoms with Gasteiger partial charge in [-0.15, -0.1) is 11.3 Å². The van der Waals surface area contributed by atoms with E-state index in [9.17, 15) is 8.42 Å². The average Bonchev–Trinajstić information content (AvgIpc) is 2.89. The van der Waals surface area contributed by atoms with Crippen LogP contribution >= 0.6 is 11.3 Å². The molecule has 1 unspecified atom stereocenters. The number of anilines is 1. The van der Waals surface area contributed by atoms with Gasteiger partial charge in [0.15, 0.2) is 0 Å². The van der Waals surface area contributed by atoms with Gasteiger partial charge in [-0.25, -0.2) is 13.6 Å².